The van der Waals surface area contributed by atoms with Gasteiger partial charge in [0.1, 0.15) is 17.3 Å². The van der Waals surface area contributed by atoms with Crippen LogP contribution in [0.3, 0.4) is 0 Å². The Kier molecular flexibility index (Phi) is 3.99. The summed E-state index contributed by atoms with van der Waals surface area (Å²) in [4.78, 5) is 11.0. The van der Waals surface area contributed by atoms with Gasteiger partial charge in [-0.05, 0) is 57.1 Å². The Balaban J connectivity index is 1.57. The van der Waals surface area contributed by atoms with E-state index in [2.05, 4.69) is 45.0 Å². The lowest BCUT2D eigenvalue weighted by Gasteiger charge is -2.16. The maximum atomic E-state index is 5.96. The van der Waals surface area contributed by atoms with E-state index in [1.54, 1.807) is 0 Å². The summed E-state index contributed by atoms with van der Waals surface area (Å²) >= 11 is 3.57. The molecular weight excluding hydrogens is 354 g/mol. The van der Waals surface area contributed by atoms with Gasteiger partial charge in [0, 0.05) is 10.9 Å². The molecule has 2 aliphatic rings. The van der Waals surface area contributed by atoms with Crippen LogP contribution in [-0.2, 0) is 0 Å². The van der Waals surface area contributed by atoms with E-state index < -0.39 is 0 Å². The first-order chi connectivity index (χ1) is 11.2. The number of alkyl halides is 1. The van der Waals surface area contributed by atoms with Gasteiger partial charge in [-0.1, -0.05) is 22.0 Å². The van der Waals surface area contributed by atoms with Crippen LogP contribution in [0.25, 0.3) is 11.0 Å². The van der Waals surface area contributed by atoms with Crippen molar-refractivity contribution in [3.8, 4) is 5.75 Å². The fourth-order valence-electron chi connectivity index (χ4n) is 3.27. The van der Waals surface area contributed by atoms with Crippen molar-refractivity contribution < 1.29 is 4.74 Å². The van der Waals surface area contributed by atoms with Crippen molar-refractivity contribution in [3.05, 3.63) is 48.0 Å². The van der Waals surface area contributed by atoms with E-state index in [4.69, 9.17) is 9.72 Å². The fourth-order valence-corrected chi connectivity index (χ4v) is 3.61. The van der Waals surface area contributed by atoms with Crippen molar-refractivity contribution in [2.75, 3.05) is 13.6 Å². The highest BCUT2D eigenvalue weighted by molar-refractivity contribution is 9.09. The first-order valence-electron chi connectivity index (χ1n) is 8.09. The van der Waals surface area contributed by atoms with Crippen LogP contribution in [0.15, 0.2) is 42.2 Å². The van der Waals surface area contributed by atoms with Gasteiger partial charge in [-0.15, -0.1) is 0 Å². The molecule has 1 N–H and O–H groups in total. The highest BCUT2D eigenvalue weighted by Gasteiger charge is 2.25. The molecule has 1 aromatic heterocycles. The molecule has 4 rings (SSSR count). The molecule has 0 spiro atoms. The minimum absolute atomic E-state index is 0.409. The predicted octanol–water partition coefficient (Wildman–Crippen LogP) is 4.32. The normalized spacial score (nSPS) is 25.0. The average Bonchev–Trinajstić information content (AvgIpc) is 3.14. The molecule has 0 bridgehead atoms. The molecule has 1 aliphatic carbocycles. The number of fused-ring (bicyclic) bond motifs is 1. The van der Waals surface area contributed by atoms with Gasteiger partial charge in [-0.2, -0.15) is 0 Å². The Bertz CT molecular complexity index is 780. The largest absolute Gasteiger partial charge is 0.458 e. The Morgan fingerprint density at radius 1 is 1.39 bits per heavy atom. The molecule has 2 aromatic rings. The third-order valence-electron chi connectivity index (χ3n) is 4.56. The number of likely N-dealkylation sites (tertiary alicyclic amines) is 1. The van der Waals surface area contributed by atoms with Crippen molar-refractivity contribution in [1.29, 1.82) is 0 Å². The molecule has 5 heteroatoms. The second-order valence-electron chi connectivity index (χ2n) is 6.26. The van der Waals surface area contributed by atoms with Crippen LogP contribution < -0.4 is 4.74 Å². The highest BCUT2D eigenvalue weighted by atomic mass is 79.9. The Morgan fingerprint density at radius 3 is 3.04 bits per heavy atom. The molecule has 2 unspecified atom stereocenters. The van der Waals surface area contributed by atoms with Crippen LogP contribution in [0.5, 0.6) is 5.75 Å². The summed E-state index contributed by atoms with van der Waals surface area (Å²) in [5.41, 5.74) is 2.04. The number of ether oxygens (including phenoxy) is 1. The summed E-state index contributed by atoms with van der Waals surface area (Å²) < 4.78 is 5.96. The van der Waals surface area contributed by atoms with Gasteiger partial charge >= 0.3 is 0 Å². The summed E-state index contributed by atoms with van der Waals surface area (Å²) in [6.45, 7) is 1.14. The molecule has 0 amide bonds. The van der Waals surface area contributed by atoms with Gasteiger partial charge in [0.2, 0.25) is 0 Å². The van der Waals surface area contributed by atoms with E-state index in [0.29, 0.717) is 10.9 Å². The number of allylic oxidation sites excluding steroid dienone is 3. The first kappa shape index (κ1) is 15.0. The van der Waals surface area contributed by atoms with Crippen molar-refractivity contribution >= 4 is 27.0 Å². The third-order valence-corrected chi connectivity index (χ3v) is 5.24. The number of hydrogen-bond donors (Lipinski definition) is 1. The number of H-pyrrole nitrogens is 1. The van der Waals surface area contributed by atoms with E-state index in [1.165, 1.54) is 12.8 Å². The number of nitrogens with zero attached hydrogens (tertiary/aromatic N) is 2. The lowest BCUT2D eigenvalue weighted by atomic mass is 10.2. The Labute approximate surface area is 144 Å². The van der Waals surface area contributed by atoms with Crippen molar-refractivity contribution in [2.24, 2.45) is 0 Å². The number of aromatic amines is 1. The van der Waals surface area contributed by atoms with Gasteiger partial charge in [0.25, 0.3) is 0 Å². The number of aromatic nitrogens is 2. The molecule has 23 heavy (non-hydrogen) atoms. The zero-order chi connectivity index (χ0) is 15.8. The van der Waals surface area contributed by atoms with E-state index >= 15 is 0 Å². The molecule has 120 valence electrons. The van der Waals surface area contributed by atoms with Crippen LogP contribution in [0.4, 0.5) is 0 Å². The molecular formula is C18H20BrN3O. The summed E-state index contributed by atoms with van der Waals surface area (Å²) in [5, 5.41) is 0. The second kappa shape index (κ2) is 6.13. The lowest BCUT2D eigenvalue weighted by Crippen LogP contribution is -2.18. The minimum atomic E-state index is 0.409. The molecule has 4 nitrogen and oxygen atoms in total. The molecule has 2 heterocycles. The molecule has 1 aliphatic heterocycles. The topological polar surface area (TPSA) is 41.2 Å². The highest BCUT2D eigenvalue weighted by Crippen LogP contribution is 2.31. The summed E-state index contributed by atoms with van der Waals surface area (Å²) in [6.07, 6.45) is 9.59. The minimum Gasteiger partial charge on any atom is -0.458 e. The summed E-state index contributed by atoms with van der Waals surface area (Å²) in [6, 6.07) is 6.46. The number of nitrogens with one attached hydrogen (secondary N) is 1. The van der Waals surface area contributed by atoms with Gasteiger partial charge in [0.15, 0.2) is 0 Å². The number of imidazole rings is 1. The summed E-state index contributed by atoms with van der Waals surface area (Å²) in [5.74, 6) is 2.81. The lowest BCUT2D eigenvalue weighted by molar-refractivity contribution is 0.307. The van der Waals surface area contributed by atoms with Crippen LogP contribution in [-0.4, -0.2) is 33.3 Å². The predicted molar refractivity (Wildman–Crippen MR) is 95.9 cm³/mol. The quantitative estimate of drug-likeness (QED) is 0.814. The standard InChI is InChI=1S/C18H20BrN3O/c1-22-10-2-3-17(22)18-20-15-9-8-14(11-16(15)21-18)23-13-6-4-12(19)5-7-13/h4,6-9,11-12,17H,2-3,5,10H2,1H3,(H,20,21). The zero-order valence-electron chi connectivity index (χ0n) is 13.1. The van der Waals surface area contributed by atoms with E-state index in [9.17, 15) is 0 Å². The summed E-state index contributed by atoms with van der Waals surface area (Å²) in [7, 11) is 2.17. The Morgan fingerprint density at radius 2 is 2.30 bits per heavy atom. The number of rotatable bonds is 3. The van der Waals surface area contributed by atoms with Crippen LogP contribution in [0, 0.1) is 0 Å². The monoisotopic (exact) mass is 373 g/mol. The van der Waals surface area contributed by atoms with E-state index in [-0.39, 0.29) is 0 Å². The molecule has 1 saturated heterocycles. The maximum absolute atomic E-state index is 5.96. The van der Waals surface area contributed by atoms with Gasteiger partial charge in [0.05, 0.1) is 17.1 Å². The molecule has 0 radical (unpaired) electrons. The average molecular weight is 374 g/mol. The number of hydrogen-bond acceptors (Lipinski definition) is 3. The van der Waals surface area contributed by atoms with E-state index in [1.807, 2.05) is 24.3 Å². The second-order valence-corrected chi connectivity index (χ2v) is 7.44. The van der Waals surface area contributed by atoms with E-state index in [0.717, 1.165) is 41.3 Å². The number of halogens is 1. The van der Waals surface area contributed by atoms with Gasteiger partial charge in [-0.3, -0.25) is 4.90 Å². The van der Waals surface area contributed by atoms with Gasteiger partial charge < -0.3 is 9.72 Å². The van der Waals surface area contributed by atoms with Crippen LogP contribution >= 0.6 is 15.9 Å². The molecule has 1 aromatic carbocycles. The molecule has 0 saturated carbocycles. The first-order valence-corrected chi connectivity index (χ1v) is 9.01. The van der Waals surface area contributed by atoms with Crippen LogP contribution in [0.1, 0.15) is 31.1 Å². The third kappa shape index (κ3) is 3.08. The smallest absolute Gasteiger partial charge is 0.129 e. The van der Waals surface area contributed by atoms with Crippen molar-refractivity contribution in [1.82, 2.24) is 14.9 Å². The molecule has 1 fully saturated rings. The van der Waals surface area contributed by atoms with Gasteiger partial charge in [-0.25, -0.2) is 4.98 Å². The van der Waals surface area contributed by atoms with Crippen molar-refractivity contribution in [3.63, 3.8) is 0 Å². The number of benzene rings is 1. The molecule has 2 atom stereocenters. The van der Waals surface area contributed by atoms with Crippen molar-refractivity contribution in [2.45, 2.75) is 30.1 Å². The SMILES string of the molecule is CN1CCCC1c1nc2ccc(OC3=CCC(Br)C=C3)cc2[nH]1. The van der Waals surface area contributed by atoms with Crippen LogP contribution in [0.2, 0.25) is 0 Å². The Hall–Kier alpha value is -1.59. The fraction of sp³-hybridized carbons (Fsp3) is 0.389. The maximum Gasteiger partial charge on any atom is 0.129 e. The zero-order valence-corrected chi connectivity index (χ0v) is 14.7.